The molecule has 0 fully saturated rings. The van der Waals surface area contributed by atoms with Crippen molar-refractivity contribution >= 4 is 34.9 Å². The molecule has 0 bridgehead atoms. The highest BCUT2D eigenvalue weighted by Crippen LogP contribution is 2.34. The smallest absolute Gasteiger partial charge is 0.419 e. The summed E-state index contributed by atoms with van der Waals surface area (Å²) < 4.78 is 156. The highest BCUT2D eigenvalue weighted by molar-refractivity contribution is 5.96. The molecule has 26 heteroatoms. The van der Waals surface area contributed by atoms with Gasteiger partial charge < -0.3 is 20.8 Å². The number of ketones is 2. The van der Waals surface area contributed by atoms with Gasteiger partial charge in [-0.3, -0.25) is 19.2 Å². The Bertz CT molecular complexity index is 2600. The standard InChI is InChI=1S/2C24H22F6N4O3/c2*25-23(26,27)11-10-19(15-4-6-16(7-5-15)20(35)2-1-3-22(36)37)33-18-8-9-21(31-13-18)34-14-17(12-32-34)24(28,29)30/h2*4-9,12-14,19,33H,1-3,10-11H2,(H,36,37)/t2*19-/m10/s1. The fraction of sp³-hybridized carbons (Fsp3) is 0.333. The summed E-state index contributed by atoms with van der Waals surface area (Å²) in [5.41, 5.74) is 0.315. The van der Waals surface area contributed by atoms with Crippen molar-refractivity contribution in [3.63, 3.8) is 0 Å². The van der Waals surface area contributed by atoms with E-state index in [4.69, 9.17) is 10.2 Å². The molecule has 0 amide bonds. The van der Waals surface area contributed by atoms with Gasteiger partial charge in [0.05, 0.1) is 59.4 Å². The largest absolute Gasteiger partial charge is 0.481 e. The lowest BCUT2D eigenvalue weighted by Gasteiger charge is -2.21. The molecule has 0 radical (unpaired) electrons. The summed E-state index contributed by atoms with van der Waals surface area (Å²) in [6.45, 7) is 0. The zero-order valence-corrected chi connectivity index (χ0v) is 38.4. The number of benzene rings is 2. The fourth-order valence-electron chi connectivity index (χ4n) is 6.96. The maximum atomic E-state index is 12.9. The molecule has 396 valence electrons. The van der Waals surface area contributed by atoms with Crippen molar-refractivity contribution in [2.24, 2.45) is 0 Å². The molecule has 4 aromatic heterocycles. The Kier molecular flexibility index (Phi) is 19.1. The average molecular weight is 1060 g/mol. The molecule has 4 heterocycles. The molecule has 0 aliphatic heterocycles. The second kappa shape index (κ2) is 24.8. The van der Waals surface area contributed by atoms with E-state index in [9.17, 15) is 71.9 Å². The maximum absolute atomic E-state index is 12.9. The summed E-state index contributed by atoms with van der Waals surface area (Å²) >= 11 is 0. The van der Waals surface area contributed by atoms with Crippen LogP contribution in [-0.4, -0.2) is 75.6 Å². The van der Waals surface area contributed by atoms with Crippen molar-refractivity contribution in [3.05, 3.63) is 143 Å². The Hall–Kier alpha value is -7.80. The van der Waals surface area contributed by atoms with E-state index >= 15 is 0 Å². The fourth-order valence-corrected chi connectivity index (χ4v) is 6.96. The van der Waals surface area contributed by atoms with E-state index in [0.717, 1.165) is 21.8 Å². The van der Waals surface area contributed by atoms with Gasteiger partial charge in [-0.05, 0) is 61.1 Å². The number of rotatable bonds is 22. The molecule has 74 heavy (non-hydrogen) atoms. The van der Waals surface area contributed by atoms with E-state index in [1.807, 2.05) is 0 Å². The van der Waals surface area contributed by atoms with Crippen molar-refractivity contribution in [1.82, 2.24) is 29.5 Å². The first kappa shape index (κ1) is 57.1. The number of hydrogen-bond acceptors (Lipinski definition) is 10. The van der Waals surface area contributed by atoms with Gasteiger partial charge in [0.15, 0.2) is 23.2 Å². The van der Waals surface area contributed by atoms with Crippen LogP contribution in [0.2, 0.25) is 0 Å². The summed E-state index contributed by atoms with van der Waals surface area (Å²) in [5.74, 6) is -2.42. The van der Waals surface area contributed by atoms with E-state index in [1.165, 1.54) is 85.2 Å². The van der Waals surface area contributed by atoms with Crippen LogP contribution in [0, 0.1) is 0 Å². The molecule has 4 N–H and O–H groups in total. The van der Waals surface area contributed by atoms with Gasteiger partial charge in [-0.2, -0.15) is 62.9 Å². The van der Waals surface area contributed by atoms with Crippen LogP contribution >= 0.6 is 0 Å². The number of aliphatic carboxylic acids is 2. The minimum Gasteiger partial charge on any atom is -0.481 e. The van der Waals surface area contributed by atoms with E-state index < -0.39 is 72.7 Å². The van der Waals surface area contributed by atoms with Crippen molar-refractivity contribution in [2.45, 2.75) is 101 Å². The van der Waals surface area contributed by atoms with Gasteiger partial charge in [0.2, 0.25) is 0 Å². The maximum Gasteiger partial charge on any atom is 0.419 e. The number of pyridine rings is 2. The number of nitrogens with zero attached hydrogens (tertiary/aromatic N) is 6. The van der Waals surface area contributed by atoms with Crippen LogP contribution in [0.25, 0.3) is 11.6 Å². The first-order valence-corrected chi connectivity index (χ1v) is 22.2. The number of alkyl halides is 12. The molecule has 0 saturated carbocycles. The molecule has 2 atom stereocenters. The van der Waals surface area contributed by atoms with Crippen LogP contribution in [0.4, 0.5) is 64.1 Å². The van der Waals surface area contributed by atoms with E-state index in [2.05, 4.69) is 30.8 Å². The zero-order valence-electron chi connectivity index (χ0n) is 38.4. The Labute approximate surface area is 412 Å². The second-order valence-electron chi connectivity index (χ2n) is 16.4. The first-order chi connectivity index (χ1) is 34.6. The van der Waals surface area contributed by atoms with Crippen LogP contribution in [0.15, 0.2) is 110 Å². The topological polar surface area (TPSA) is 194 Å². The first-order valence-electron chi connectivity index (χ1n) is 22.2. The average Bonchev–Trinajstić information content (AvgIpc) is 4.05. The van der Waals surface area contributed by atoms with Gasteiger partial charge in [0, 0.05) is 62.0 Å². The normalized spacial score (nSPS) is 12.8. The molecular weight excluding hydrogens is 1010 g/mol. The van der Waals surface area contributed by atoms with Crippen molar-refractivity contribution in [2.75, 3.05) is 10.6 Å². The molecule has 0 aliphatic carbocycles. The predicted octanol–water partition coefficient (Wildman–Crippen LogP) is 12.4. The summed E-state index contributed by atoms with van der Waals surface area (Å²) in [5, 5.41) is 30.5. The third kappa shape index (κ3) is 18.4. The minimum absolute atomic E-state index is 0.0279. The van der Waals surface area contributed by atoms with Gasteiger partial charge in [-0.1, -0.05) is 48.5 Å². The quantitative estimate of drug-likeness (QED) is 0.0372. The summed E-state index contributed by atoms with van der Waals surface area (Å²) in [6.07, 6.45) is -15.3. The van der Waals surface area contributed by atoms with Gasteiger partial charge in [0.1, 0.15) is 0 Å². The number of carbonyl (C=O) groups is 4. The van der Waals surface area contributed by atoms with Crippen LogP contribution in [0.1, 0.15) is 119 Å². The summed E-state index contributed by atoms with van der Waals surface area (Å²) in [4.78, 5) is 53.7. The second-order valence-corrected chi connectivity index (χ2v) is 16.4. The number of aromatic nitrogens is 6. The van der Waals surface area contributed by atoms with Crippen LogP contribution in [-0.2, 0) is 21.9 Å². The van der Waals surface area contributed by atoms with Gasteiger partial charge in [-0.25, -0.2) is 19.3 Å². The van der Waals surface area contributed by atoms with Gasteiger partial charge >= 0.3 is 36.6 Å². The highest BCUT2D eigenvalue weighted by Gasteiger charge is 2.34. The number of halogens is 12. The molecule has 2 aromatic carbocycles. The van der Waals surface area contributed by atoms with Crippen LogP contribution < -0.4 is 10.6 Å². The Morgan fingerprint density at radius 2 is 0.838 bits per heavy atom. The molecule has 0 unspecified atom stereocenters. The number of nitrogens with one attached hydrogen (secondary N) is 2. The van der Waals surface area contributed by atoms with E-state index in [1.54, 1.807) is 0 Å². The summed E-state index contributed by atoms with van der Waals surface area (Å²) in [6, 6.07) is 16.0. The molecule has 6 aromatic rings. The monoisotopic (exact) mass is 1060 g/mol. The lowest BCUT2D eigenvalue weighted by molar-refractivity contribution is -0.138. The number of hydrogen-bond donors (Lipinski definition) is 4. The molecule has 0 saturated heterocycles. The third-order valence-corrected chi connectivity index (χ3v) is 10.8. The lowest BCUT2D eigenvalue weighted by atomic mass is 9.98. The van der Waals surface area contributed by atoms with Crippen molar-refractivity contribution in [3.8, 4) is 11.6 Å². The summed E-state index contributed by atoms with van der Waals surface area (Å²) in [7, 11) is 0. The lowest BCUT2D eigenvalue weighted by Crippen LogP contribution is -2.16. The minimum atomic E-state index is -4.57. The number of carboxylic acids is 2. The molecule has 14 nitrogen and oxygen atoms in total. The molecular formula is C48H44F12N8O6. The Balaban J connectivity index is 0.000000274. The van der Waals surface area contributed by atoms with E-state index in [0.29, 0.717) is 46.0 Å². The number of Topliss-reactive ketones (excluding diaryl/α,β-unsaturated/α-hetero) is 2. The molecule has 0 spiro atoms. The van der Waals surface area contributed by atoms with Gasteiger partial charge in [0.25, 0.3) is 0 Å². The Morgan fingerprint density at radius 1 is 0.486 bits per heavy atom. The third-order valence-electron chi connectivity index (χ3n) is 10.8. The molecule has 6 rings (SSSR count). The molecule has 0 aliphatic rings. The number of carboxylic acid groups (broad SMARTS) is 2. The SMILES string of the molecule is O=C(O)CCCC(=O)c1ccc([C@@H](CCC(F)(F)F)Nc2ccc(-n3cc(C(F)(F)F)cn3)nc2)cc1.O=C(O)CCCC(=O)c1ccc([C@H](CCC(F)(F)F)Nc2ccc(-n3cc(C(F)(F)F)cn3)nc2)cc1. The predicted molar refractivity (Wildman–Crippen MR) is 241 cm³/mol. The highest BCUT2D eigenvalue weighted by atomic mass is 19.4. The van der Waals surface area contributed by atoms with Crippen molar-refractivity contribution in [1.29, 1.82) is 0 Å². The van der Waals surface area contributed by atoms with Crippen LogP contribution in [0.5, 0.6) is 0 Å². The zero-order chi connectivity index (χ0) is 54.4. The number of anilines is 2. The Morgan fingerprint density at radius 3 is 1.11 bits per heavy atom. The van der Waals surface area contributed by atoms with Gasteiger partial charge in [-0.15, -0.1) is 0 Å². The van der Waals surface area contributed by atoms with Crippen molar-refractivity contribution < 1.29 is 82.1 Å². The van der Waals surface area contributed by atoms with Crippen LogP contribution in [0.3, 0.4) is 0 Å². The number of carbonyl (C=O) groups excluding carboxylic acids is 2. The van der Waals surface area contributed by atoms with E-state index in [-0.39, 0.29) is 74.6 Å².